The highest BCUT2D eigenvalue weighted by molar-refractivity contribution is 9.10. The number of halogens is 1. The number of carbonyl (C=O) groups excluding carboxylic acids is 1. The van der Waals surface area contributed by atoms with Gasteiger partial charge < -0.3 is 10.6 Å². The highest BCUT2D eigenvalue weighted by atomic mass is 79.9. The zero-order valence-electron chi connectivity index (χ0n) is 12.7. The van der Waals surface area contributed by atoms with Gasteiger partial charge in [-0.2, -0.15) is 0 Å². The Morgan fingerprint density at radius 3 is 2.55 bits per heavy atom. The van der Waals surface area contributed by atoms with Crippen LogP contribution in [0.4, 0.5) is 0 Å². The summed E-state index contributed by atoms with van der Waals surface area (Å²) in [6.07, 6.45) is 1.77. The summed E-state index contributed by atoms with van der Waals surface area (Å²) in [4.78, 5) is 12.7. The summed E-state index contributed by atoms with van der Waals surface area (Å²) >= 11 is 3.40. The van der Waals surface area contributed by atoms with Crippen LogP contribution < -0.4 is 10.6 Å². The number of sulfone groups is 1. The zero-order valence-corrected chi connectivity index (χ0v) is 15.1. The summed E-state index contributed by atoms with van der Waals surface area (Å²) in [6.45, 7) is 2.92. The lowest BCUT2D eigenvalue weighted by molar-refractivity contribution is -0.125. The molecule has 0 saturated carbocycles. The minimum atomic E-state index is -3.48. The summed E-state index contributed by atoms with van der Waals surface area (Å²) < 4.78 is 24.1. The van der Waals surface area contributed by atoms with E-state index in [1.54, 1.807) is 0 Å². The number of nitrogens with one attached hydrogen (secondary N) is 2. The van der Waals surface area contributed by atoms with E-state index in [0.717, 1.165) is 16.3 Å². The van der Waals surface area contributed by atoms with Gasteiger partial charge in [-0.1, -0.05) is 28.1 Å². The lowest BCUT2D eigenvalue weighted by Gasteiger charge is -2.35. The van der Waals surface area contributed by atoms with E-state index in [4.69, 9.17) is 0 Å². The minimum Gasteiger partial charge on any atom is -0.348 e. The Morgan fingerprint density at radius 2 is 2.00 bits per heavy atom. The van der Waals surface area contributed by atoms with Crippen LogP contribution in [0.2, 0.25) is 0 Å². The maximum Gasteiger partial charge on any atom is 0.242 e. The monoisotopic (exact) mass is 388 g/mol. The van der Waals surface area contributed by atoms with Gasteiger partial charge in [-0.15, -0.1) is 0 Å². The number of rotatable bonds is 4. The first-order chi connectivity index (χ1) is 10.3. The van der Waals surface area contributed by atoms with E-state index in [1.807, 2.05) is 31.2 Å². The van der Waals surface area contributed by atoms with Gasteiger partial charge >= 0.3 is 0 Å². The number of amides is 1. The molecule has 5 nitrogen and oxygen atoms in total. The molecule has 0 aromatic heterocycles. The predicted molar refractivity (Wildman–Crippen MR) is 90.4 cm³/mol. The standard InChI is InChI=1S/C15H21BrN2O3S/c1-11(12-4-3-5-13(16)10-12)18-14(19)15(22(2,20)21)6-8-17-9-7-15/h3-5,10-11,17H,6-9H2,1-2H3,(H,18,19). The lowest BCUT2D eigenvalue weighted by atomic mass is 9.95. The van der Waals surface area contributed by atoms with E-state index in [1.165, 1.54) is 0 Å². The van der Waals surface area contributed by atoms with Crippen molar-refractivity contribution < 1.29 is 13.2 Å². The van der Waals surface area contributed by atoms with E-state index >= 15 is 0 Å². The molecule has 2 N–H and O–H groups in total. The molecule has 2 rings (SSSR count). The second kappa shape index (κ2) is 6.68. The van der Waals surface area contributed by atoms with Crippen LogP contribution in [-0.4, -0.2) is 38.4 Å². The first-order valence-electron chi connectivity index (χ1n) is 7.23. The van der Waals surface area contributed by atoms with Crippen molar-refractivity contribution in [3.63, 3.8) is 0 Å². The lowest BCUT2D eigenvalue weighted by Crippen LogP contribution is -2.57. The van der Waals surface area contributed by atoms with E-state index in [2.05, 4.69) is 26.6 Å². The van der Waals surface area contributed by atoms with Crippen LogP contribution in [0.25, 0.3) is 0 Å². The molecule has 0 radical (unpaired) electrons. The number of benzene rings is 1. The van der Waals surface area contributed by atoms with Gasteiger partial charge in [-0.3, -0.25) is 4.79 Å². The van der Waals surface area contributed by atoms with Gasteiger partial charge in [0, 0.05) is 10.7 Å². The fourth-order valence-electron chi connectivity index (χ4n) is 2.78. The molecule has 1 unspecified atom stereocenters. The van der Waals surface area contributed by atoms with Gasteiger partial charge in [0.2, 0.25) is 5.91 Å². The summed E-state index contributed by atoms with van der Waals surface area (Å²) in [7, 11) is -3.48. The third-order valence-electron chi connectivity index (χ3n) is 4.23. The van der Waals surface area contributed by atoms with Gasteiger partial charge in [0.1, 0.15) is 0 Å². The molecular weight excluding hydrogens is 368 g/mol. The molecule has 122 valence electrons. The van der Waals surface area contributed by atoms with Crippen molar-refractivity contribution in [3.8, 4) is 0 Å². The van der Waals surface area contributed by atoms with Gasteiger partial charge in [-0.25, -0.2) is 8.42 Å². The summed E-state index contributed by atoms with van der Waals surface area (Å²) in [5.74, 6) is -0.399. The average molecular weight is 389 g/mol. The molecule has 1 aromatic carbocycles. The molecule has 0 bridgehead atoms. The van der Waals surface area contributed by atoms with E-state index in [0.29, 0.717) is 25.9 Å². The molecule has 1 saturated heterocycles. The molecule has 22 heavy (non-hydrogen) atoms. The summed E-state index contributed by atoms with van der Waals surface area (Å²) in [5, 5.41) is 5.98. The Morgan fingerprint density at radius 1 is 1.36 bits per heavy atom. The second-order valence-electron chi connectivity index (χ2n) is 5.77. The first kappa shape index (κ1) is 17.4. The number of hydrogen-bond donors (Lipinski definition) is 2. The molecule has 1 aliphatic heterocycles. The van der Waals surface area contributed by atoms with Crippen molar-refractivity contribution in [2.24, 2.45) is 0 Å². The van der Waals surface area contributed by atoms with E-state index < -0.39 is 20.5 Å². The molecule has 1 amide bonds. The number of carbonyl (C=O) groups is 1. The van der Waals surface area contributed by atoms with Gasteiger partial charge in [-0.05, 0) is 50.6 Å². The van der Waals surface area contributed by atoms with Crippen molar-refractivity contribution >= 4 is 31.7 Å². The highest BCUT2D eigenvalue weighted by Crippen LogP contribution is 2.29. The van der Waals surface area contributed by atoms with Crippen LogP contribution in [0.5, 0.6) is 0 Å². The average Bonchev–Trinajstić information content (AvgIpc) is 2.46. The molecule has 0 spiro atoms. The van der Waals surface area contributed by atoms with Crippen molar-refractivity contribution in [1.29, 1.82) is 0 Å². The highest BCUT2D eigenvalue weighted by Gasteiger charge is 2.48. The van der Waals surface area contributed by atoms with Crippen LogP contribution in [0, 0.1) is 0 Å². The predicted octanol–water partition coefficient (Wildman–Crippen LogP) is 1.79. The van der Waals surface area contributed by atoms with Crippen molar-refractivity contribution in [1.82, 2.24) is 10.6 Å². The SMILES string of the molecule is CC(NC(=O)C1(S(C)(=O)=O)CCNCC1)c1cccc(Br)c1. The fraction of sp³-hybridized carbons (Fsp3) is 0.533. The Kier molecular flexibility index (Phi) is 5.29. The third-order valence-corrected chi connectivity index (χ3v) is 6.74. The molecule has 1 aliphatic rings. The summed E-state index contributed by atoms with van der Waals surface area (Å²) in [5.41, 5.74) is 0.931. The largest absolute Gasteiger partial charge is 0.348 e. The molecule has 1 fully saturated rings. The normalized spacial score (nSPS) is 19.4. The maximum absolute atomic E-state index is 12.7. The fourth-order valence-corrected chi connectivity index (χ4v) is 4.54. The van der Waals surface area contributed by atoms with Crippen LogP contribution in [-0.2, 0) is 14.6 Å². The van der Waals surface area contributed by atoms with Crippen molar-refractivity contribution in [2.45, 2.75) is 30.6 Å². The molecule has 7 heteroatoms. The Labute approximate surface area is 139 Å². The number of piperidine rings is 1. The third kappa shape index (κ3) is 3.52. The smallest absolute Gasteiger partial charge is 0.242 e. The maximum atomic E-state index is 12.7. The second-order valence-corrected chi connectivity index (χ2v) is 9.01. The number of hydrogen-bond acceptors (Lipinski definition) is 4. The van der Waals surface area contributed by atoms with E-state index in [-0.39, 0.29) is 6.04 Å². The van der Waals surface area contributed by atoms with E-state index in [9.17, 15) is 13.2 Å². The van der Waals surface area contributed by atoms with Gasteiger partial charge in [0.25, 0.3) is 0 Å². The zero-order chi connectivity index (χ0) is 16.4. The van der Waals surface area contributed by atoms with Gasteiger partial charge in [0.15, 0.2) is 14.6 Å². The molecular formula is C15H21BrN2O3S. The first-order valence-corrected chi connectivity index (χ1v) is 9.91. The summed E-state index contributed by atoms with van der Waals surface area (Å²) in [6, 6.07) is 7.37. The minimum absolute atomic E-state index is 0.251. The Balaban J connectivity index is 2.22. The van der Waals surface area contributed by atoms with Crippen LogP contribution in [0.1, 0.15) is 31.4 Å². The molecule has 1 atom stereocenters. The molecule has 0 aliphatic carbocycles. The van der Waals surface area contributed by atoms with Crippen molar-refractivity contribution in [3.05, 3.63) is 34.3 Å². The van der Waals surface area contributed by atoms with Crippen LogP contribution in [0.3, 0.4) is 0 Å². The topological polar surface area (TPSA) is 75.3 Å². The van der Waals surface area contributed by atoms with Crippen molar-refractivity contribution in [2.75, 3.05) is 19.3 Å². The Bertz CT molecular complexity index is 655. The Hall–Kier alpha value is -0.920. The van der Waals surface area contributed by atoms with Crippen LogP contribution in [0.15, 0.2) is 28.7 Å². The molecule has 1 heterocycles. The van der Waals surface area contributed by atoms with Crippen LogP contribution >= 0.6 is 15.9 Å². The molecule has 1 aromatic rings. The van der Waals surface area contributed by atoms with Gasteiger partial charge in [0.05, 0.1) is 6.04 Å². The quantitative estimate of drug-likeness (QED) is 0.824.